The summed E-state index contributed by atoms with van der Waals surface area (Å²) >= 11 is 0. The Kier molecular flexibility index (Phi) is 10.7. The number of benzene rings is 2. The van der Waals surface area contributed by atoms with Gasteiger partial charge in [0.2, 0.25) is 0 Å². The van der Waals surface area contributed by atoms with Crippen molar-refractivity contribution >= 4 is 22.8 Å². The lowest BCUT2D eigenvalue weighted by Crippen LogP contribution is -2.26. The van der Waals surface area contributed by atoms with Gasteiger partial charge in [0, 0.05) is 35.6 Å². The van der Waals surface area contributed by atoms with E-state index in [2.05, 4.69) is 24.1 Å². The van der Waals surface area contributed by atoms with E-state index in [4.69, 9.17) is 9.47 Å². The van der Waals surface area contributed by atoms with Gasteiger partial charge >= 0.3 is 6.09 Å². The molecule has 2 aromatic carbocycles. The molecule has 2 N–H and O–H groups in total. The molecule has 35 heavy (non-hydrogen) atoms. The zero-order valence-corrected chi connectivity index (χ0v) is 21.0. The summed E-state index contributed by atoms with van der Waals surface area (Å²) in [6.07, 6.45) is 7.67. The van der Waals surface area contributed by atoms with E-state index in [1.54, 1.807) is 0 Å². The number of amides is 1. The lowest BCUT2D eigenvalue weighted by molar-refractivity contribution is 0.0972. The van der Waals surface area contributed by atoms with Gasteiger partial charge in [-0.2, -0.15) is 0 Å². The van der Waals surface area contributed by atoms with E-state index in [9.17, 15) is 9.59 Å². The molecule has 6 nitrogen and oxygen atoms in total. The summed E-state index contributed by atoms with van der Waals surface area (Å²) in [5, 5.41) is 3.76. The molecule has 1 amide bonds. The molecular weight excluding hydrogens is 440 g/mol. The molecule has 0 aliphatic heterocycles. The standard InChI is InChI=1S/C29H38N2O4/c1-3-5-18-34-24-13-14-27-25(19-24)26(20-31-27)28(32)15-12-22(9-4-2)16-17-30-29(33)35-21-23-10-7-6-8-11-23/h6-8,10-11,13-14,19-20,22,31H,3-5,9,12,15-18,21H2,1-2H3,(H,30,33). The number of carbonyl (C=O) groups excluding carboxylic acids is 2. The molecule has 1 heterocycles. The van der Waals surface area contributed by atoms with Crippen LogP contribution in [0.15, 0.2) is 54.7 Å². The number of hydrogen-bond donors (Lipinski definition) is 2. The molecule has 1 unspecified atom stereocenters. The van der Waals surface area contributed by atoms with Gasteiger partial charge in [-0.3, -0.25) is 4.79 Å². The van der Waals surface area contributed by atoms with Crippen LogP contribution < -0.4 is 10.1 Å². The maximum atomic E-state index is 13.1. The van der Waals surface area contributed by atoms with Crippen molar-refractivity contribution in [1.29, 1.82) is 0 Å². The molecule has 6 heteroatoms. The molecule has 0 saturated carbocycles. The Bertz CT molecular complexity index is 1060. The Morgan fingerprint density at radius 1 is 1.00 bits per heavy atom. The Morgan fingerprint density at radius 2 is 1.83 bits per heavy atom. The number of hydrogen-bond acceptors (Lipinski definition) is 4. The number of alkyl carbamates (subject to hydrolysis) is 1. The molecule has 0 bridgehead atoms. The van der Waals surface area contributed by atoms with Crippen molar-refractivity contribution in [2.75, 3.05) is 13.2 Å². The number of fused-ring (bicyclic) bond motifs is 1. The zero-order valence-electron chi connectivity index (χ0n) is 21.0. The van der Waals surface area contributed by atoms with Gasteiger partial charge in [-0.1, -0.05) is 63.4 Å². The van der Waals surface area contributed by atoms with E-state index in [-0.39, 0.29) is 12.4 Å². The molecule has 188 valence electrons. The zero-order chi connectivity index (χ0) is 24.9. The van der Waals surface area contributed by atoms with Crippen LogP contribution in [0, 0.1) is 5.92 Å². The fourth-order valence-electron chi connectivity index (χ4n) is 4.22. The molecule has 0 saturated heterocycles. The van der Waals surface area contributed by atoms with Crippen molar-refractivity contribution < 1.29 is 19.1 Å². The molecular formula is C29H38N2O4. The van der Waals surface area contributed by atoms with Gasteiger partial charge in [0.05, 0.1) is 6.61 Å². The highest BCUT2D eigenvalue weighted by Gasteiger charge is 2.16. The summed E-state index contributed by atoms with van der Waals surface area (Å²) in [6, 6.07) is 15.5. The quantitative estimate of drug-likeness (QED) is 0.181. The van der Waals surface area contributed by atoms with Crippen LogP contribution >= 0.6 is 0 Å². The third kappa shape index (κ3) is 8.46. The molecule has 1 aromatic heterocycles. The van der Waals surface area contributed by atoms with Crippen molar-refractivity contribution in [3.05, 3.63) is 65.9 Å². The number of rotatable bonds is 15. The number of H-pyrrole nitrogens is 1. The van der Waals surface area contributed by atoms with E-state index in [0.29, 0.717) is 25.5 Å². The van der Waals surface area contributed by atoms with E-state index in [1.165, 1.54) is 0 Å². The van der Waals surface area contributed by atoms with Crippen molar-refractivity contribution in [1.82, 2.24) is 10.3 Å². The van der Waals surface area contributed by atoms with Crippen molar-refractivity contribution in [2.24, 2.45) is 5.92 Å². The average Bonchev–Trinajstić information content (AvgIpc) is 3.30. The number of nitrogens with one attached hydrogen (secondary N) is 2. The van der Waals surface area contributed by atoms with E-state index in [0.717, 1.165) is 66.3 Å². The minimum absolute atomic E-state index is 0.137. The monoisotopic (exact) mass is 478 g/mol. The molecule has 3 aromatic rings. The third-order valence-electron chi connectivity index (χ3n) is 6.23. The van der Waals surface area contributed by atoms with Crippen LogP contribution in [0.25, 0.3) is 10.9 Å². The highest BCUT2D eigenvalue weighted by Crippen LogP contribution is 2.26. The minimum atomic E-state index is -0.407. The van der Waals surface area contributed by atoms with Crippen molar-refractivity contribution in [3.8, 4) is 5.75 Å². The summed E-state index contributed by atoms with van der Waals surface area (Å²) in [5.74, 6) is 1.31. The predicted octanol–water partition coefficient (Wildman–Crippen LogP) is 7.04. The molecule has 0 fully saturated rings. The Morgan fingerprint density at radius 3 is 2.60 bits per heavy atom. The van der Waals surface area contributed by atoms with Gasteiger partial charge in [0.25, 0.3) is 0 Å². The highest BCUT2D eigenvalue weighted by molar-refractivity contribution is 6.08. The number of aromatic amines is 1. The third-order valence-corrected chi connectivity index (χ3v) is 6.23. The second-order valence-corrected chi connectivity index (χ2v) is 9.01. The minimum Gasteiger partial charge on any atom is -0.494 e. The Balaban J connectivity index is 1.47. The van der Waals surface area contributed by atoms with Gasteiger partial charge in [0.15, 0.2) is 5.78 Å². The maximum absolute atomic E-state index is 13.1. The summed E-state index contributed by atoms with van der Waals surface area (Å²) in [7, 11) is 0. The van der Waals surface area contributed by atoms with E-state index < -0.39 is 6.09 Å². The lowest BCUT2D eigenvalue weighted by atomic mass is 9.92. The summed E-state index contributed by atoms with van der Waals surface area (Å²) in [5.41, 5.74) is 2.63. The van der Waals surface area contributed by atoms with Crippen LogP contribution in [0.1, 0.15) is 74.7 Å². The van der Waals surface area contributed by atoms with Crippen molar-refractivity contribution in [2.45, 2.75) is 65.4 Å². The number of Topliss-reactive ketones (excluding diaryl/α,β-unsaturated/α-hetero) is 1. The van der Waals surface area contributed by atoms with Crippen LogP contribution in [0.3, 0.4) is 0 Å². The lowest BCUT2D eigenvalue weighted by Gasteiger charge is -2.16. The van der Waals surface area contributed by atoms with Crippen LogP contribution in [-0.4, -0.2) is 30.0 Å². The number of aromatic nitrogens is 1. The molecule has 1 atom stereocenters. The predicted molar refractivity (Wildman–Crippen MR) is 140 cm³/mol. The second-order valence-electron chi connectivity index (χ2n) is 9.01. The highest BCUT2D eigenvalue weighted by atomic mass is 16.5. The van der Waals surface area contributed by atoms with Crippen LogP contribution in [0.4, 0.5) is 4.79 Å². The molecule has 0 spiro atoms. The van der Waals surface area contributed by atoms with Crippen LogP contribution in [0.5, 0.6) is 5.75 Å². The average molecular weight is 479 g/mol. The number of carbonyl (C=O) groups is 2. The Labute approximate surface area is 208 Å². The molecule has 0 aliphatic carbocycles. The van der Waals surface area contributed by atoms with Gasteiger partial charge in [-0.25, -0.2) is 4.79 Å². The fraction of sp³-hybridized carbons (Fsp3) is 0.448. The first-order valence-corrected chi connectivity index (χ1v) is 12.8. The first kappa shape index (κ1) is 26.3. The SMILES string of the molecule is CCCCOc1ccc2[nH]cc(C(=O)CCC(CCC)CCNC(=O)OCc3ccccc3)c2c1. The smallest absolute Gasteiger partial charge is 0.407 e. The van der Waals surface area contributed by atoms with Gasteiger partial charge < -0.3 is 19.8 Å². The van der Waals surface area contributed by atoms with Gasteiger partial charge in [-0.05, 0) is 48.9 Å². The largest absolute Gasteiger partial charge is 0.494 e. The molecule has 0 aliphatic rings. The first-order chi connectivity index (χ1) is 17.1. The summed E-state index contributed by atoms with van der Waals surface area (Å²) in [6.45, 7) is 5.76. The topological polar surface area (TPSA) is 80.4 Å². The number of ether oxygens (including phenoxy) is 2. The van der Waals surface area contributed by atoms with Gasteiger partial charge in [0.1, 0.15) is 12.4 Å². The number of unbranched alkanes of at least 4 members (excludes halogenated alkanes) is 1. The van der Waals surface area contributed by atoms with Crippen LogP contribution in [-0.2, 0) is 11.3 Å². The maximum Gasteiger partial charge on any atom is 0.407 e. The fourth-order valence-corrected chi connectivity index (χ4v) is 4.22. The van der Waals surface area contributed by atoms with Crippen molar-refractivity contribution in [3.63, 3.8) is 0 Å². The second kappa shape index (κ2) is 14.2. The Hall–Kier alpha value is -3.28. The van der Waals surface area contributed by atoms with E-state index >= 15 is 0 Å². The number of ketones is 1. The summed E-state index contributed by atoms with van der Waals surface area (Å²) in [4.78, 5) is 28.3. The summed E-state index contributed by atoms with van der Waals surface area (Å²) < 4.78 is 11.1. The normalized spacial score (nSPS) is 11.8. The van der Waals surface area contributed by atoms with E-state index in [1.807, 2.05) is 54.7 Å². The molecule has 3 rings (SSSR count). The van der Waals surface area contributed by atoms with Crippen LogP contribution in [0.2, 0.25) is 0 Å². The van der Waals surface area contributed by atoms with Gasteiger partial charge in [-0.15, -0.1) is 0 Å². The first-order valence-electron chi connectivity index (χ1n) is 12.8. The molecule has 0 radical (unpaired) electrons.